The molecule has 0 spiro atoms. The smallest absolute Gasteiger partial charge is 0.310 e. The monoisotopic (exact) mass is 436 g/mol. The van der Waals surface area contributed by atoms with Crippen LogP contribution < -0.4 is 0 Å². The molecule has 0 saturated carbocycles. The number of benzene rings is 2. The van der Waals surface area contributed by atoms with Crippen molar-refractivity contribution < 1.29 is 19.1 Å². The SMILES string of the molecule is CCOC(=O)C1CCCN(C(=O)CN(C)C(=O)CC(c2ccccc2)c2ccccc2)C1. The minimum atomic E-state index is -0.283. The van der Waals surface area contributed by atoms with E-state index in [-0.39, 0.29) is 42.6 Å². The molecule has 2 amide bonds. The summed E-state index contributed by atoms with van der Waals surface area (Å²) in [6, 6.07) is 19.9. The van der Waals surface area contributed by atoms with Crippen LogP contribution in [0, 0.1) is 5.92 Å². The average Bonchev–Trinajstić information content (AvgIpc) is 2.83. The summed E-state index contributed by atoms with van der Waals surface area (Å²) < 4.78 is 5.12. The fourth-order valence-corrected chi connectivity index (χ4v) is 4.18. The summed E-state index contributed by atoms with van der Waals surface area (Å²) in [5, 5.41) is 0. The first kappa shape index (κ1) is 23.5. The molecule has 2 aromatic rings. The predicted octanol–water partition coefficient (Wildman–Crippen LogP) is 3.47. The standard InChI is InChI=1S/C26H32N2O4/c1-3-32-26(31)22-15-10-16-28(18-22)25(30)19-27(2)24(29)17-23(20-11-6-4-7-12-20)21-13-8-5-9-14-21/h4-9,11-14,22-23H,3,10,15-19H2,1-2H3. The number of ether oxygens (including phenoxy) is 1. The van der Waals surface area contributed by atoms with E-state index in [0.717, 1.165) is 24.0 Å². The van der Waals surface area contributed by atoms with Gasteiger partial charge < -0.3 is 14.5 Å². The van der Waals surface area contributed by atoms with E-state index in [1.807, 2.05) is 60.7 Å². The lowest BCUT2D eigenvalue weighted by molar-refractivity contribution is -0.152. The van der Waals surface area contributed by atoms with E-state index in [2.05, 4.69) is 0 Å². The van der Waals surface area contributed by atoms with Crippen LogP contribution in [-0.4, -0.2) is 60.9 Å². The Kier molecular flexibility index (Phi) is 8.42. The first-order valence-electron chi connectivity index (χ1n) is 11.3. The van der Waals surface area contributed by atoms with E-state index in [0.29, 0.717) is 19.7 Å². The van der Waals surface area contributed by atoms with Crippen LogP contribution in [0.4, 0.5) is 0 Å². The molecule has 1 unspecified atom stereocenters. The van der Waals surface area contributed by atoms with Gasteiger partial charge in [0.1, 0.15) is 0 Å². The van der Waals surface area contributed by atoms with Crippen molar-refractivity contribution in [2.45, 2.75) is 32.1 Å². The van der Waals surface area contributed by atoms with Crippen LogP contribution >= 0.6 is 0 Å². The third-order valence-corrected chi connectivity index (χ3v) is 5.97. The fraction of sp³-hybridized carbons (Fsp3) is 0.423. The maximum atomic E-state index is 13.1. The van der Waals surface area contributed by atoms with Crippen LogP contribution in [0.15, 0.2) is 60.7 Å². The molecule has 170 valence electrons. The zero-order valence-electron chi connectivity index (χ0n) is 18.9. The van der Waals surface area contributed by atoms with Gasteiger partial charge in [0, 0.05) is 32.5 Å². The number of rotatable bonds is 8. The summed E-state index contributed by atoms with van der Waals surface area (Å²) in [5.74, 6) is -0.830. The van der Waals surface area contributed by atoms with Gasteiger partial charge in [-0.05, 0) is 30.9 Å². The van der Waals surface area contributed by atoms with Crippen molar-refractivity contribution in [2.24, 2.45) is 5.92 Å². The largest absolute Gasteiger partial charge is 0.466 e. The maximum absolute atomic E-state index is 13.1. The topological polar surface area (TPSA) is 66.9 Å². The van der Waals surface area contributed by atoms with Crippen LogP contribution in [-0.2, 0) is 19.1 Å². The molecule has 6 nitrogen and oxygen atoms in total. The molecule has 1 aliphatic rings. The third-order valence-electron chi connectivity index (χ3n) is 5.97. The first-order valence-corrected chi connectivity index (χ1v) is 11.3. The van der Waals surface area contributed by atoms with Crippen LogP contribution in [0.1, 0.15) is 43.2 Å². The van der Waals surface area contributed by atoms with Gasteiger partial charge in [0.05, 0.1) is 19.1 Å². The third kappa shape index (κ3) is 6.19. The van der Waals surface area contributed by atoms with Gasteiger partial charge in [-0.25, -0.2) is 0 Å². The molecule has 3 rings (SSSR count). The number of hydrogen-bond donors (Lipinski definition) is 0. The Balaban J connectivity index is 1.62. The molecule has 0 aromatic heterocycles. The molecule has 1 fully saturated rings. The summed E-state index contributed by atoms with van der Waals surface area (Å²) >= 11 is 0. The van der Waals surface area contributed by atoms with Crippen molar-refractivity contribution in [2.75, 3.05) is 33.3 Å². The quantitative estimate of drug-likeness (QED) is 0.595. The van der Waals surface area contributed by atoms with Crippen molar-refractivity contribution in [3.05, 3.63) is 71.8 Å². The van der Waals surface area contributed by atoms with Gasteiger partial charge in [-0.3, -0.25) is 14.4 Å². The molecule has 6 heteroatoms. The van der Waals surface area contributed by atoms with Gasteiger partial charge >= 0.3 is 5.97 Å². The van der Waals surface area contributed by atoms with Gasteiger partial charge in [0.25, 0.3) is 0 Å². The van der Waals surface area contributed by atoms with Gasteiger partial charge in [0.15, 0.2) is 0 Å². The molecule has 1 heterocycles. The fourth-order valence-electron chi connectivity index (χ4n) is 4.18. The number of nitrogens with zero attached hydrogens (tertiary/aromatic N) is 2. The second-order valence-corrected chi connectivity index (χ2v) is 8.26. The van der Waals surface area contributed by atoms with Crippen LogP contribution in [0.2, 0.25) is 0 Å². The summed E-state index contributed by atoms with van der Waals surface area (Å²) in [4.78, 5) is 41.1. The first-order chi connectivity index (χ1) is 15.5. The number of carbonyl (C=O) groups excluding carboxylic acids is 3. The van der Waals surface area contributed by atoms with Crippen molar-refractivity contribution in [3.63, 3.8) is 0 Å². The molecule has 0 bridgehead atoms. The van der Waals surface area contributed by atoms with E-state index in [4.69, 9.17) is 4.74 Å². The highest BCUT2D eigenvalue weighted by atomic mass is 16.5. The minimum Gasteiger partial charge on any atom is -0.466 e. The zero-order valence-corrected chi connectivity index (χ0v) is 18.9. The Morgan fingerprint density at radius 1 is 1.03 bits per heavy atom. The van der Waals surface area contributed by atoms with Crippen molar-refractivity contribution in [1.82, 2.24) is 9.80 Å². The van der Waals surface area contributed by atoms with E-state index in [9.17, 15) is 14.4 Å². The number of amides is 2. The second kappa shape index (κ2) is 11.5. The highest BCUT2D eigenvalue weighted by molar-refractivity contribution is 5.85. The van der Waals surface area contributed by atoms with E-state index in [1.165, 1.54) is 4.90 Å². The molecule has 1 saturated heterocycles. The molecule has 1 atom stereocenters. The lowest BCUT2D eigenvalue weighted by atomic mass is 9.88. The Hall–Kier alpha value is -3.15. The second-order valence-electron chi connectivity index (χ2n) is 8.26. The van der Waals surface area contributed by atoms with E-state index < -0.39 is 0 Å². The summed E-state index contributed by atoms with van der Waals surface area (Å²) in [6.45, 7) is 3.08. The van der Waals surface area contributed by atoms with Crippen molar-refractivity contribution >= 4 is 17.8 Å². The molecule has 0 aliphatic carbocycles. The highest BCUT2D eigenvalue weighted by Crippen LogP contribution is 2.28. The van der Waals surface area contributed by atoms with Gasteiger partial charge in [0.2, 0.25) is 11.8 Å². The number of likely N-dealkylation sites (tertiary alicyclic amines) is 1. The van der Waals surface area contributed by atoms with Crippen molar-refractivity contribution in [1.29, 1.82) is 0 Å². The predicted molar refractivity (Wildman–Crippen MR) is 123 cm³/mol. The van der Waals surface area contributed by atoms with Crippen LogP contribution in [0.25, 0.3) is 0 Å². The number of piperidine rings is 1. The summed E-state index contributed by atoms with van der Waals surface area (Å²) in [7, 11) is 1.67. The maximum Gasteiger partial charge on any atom is 0.310 e. The average molecular weight is 437 g/mol. The number of esters is 1. The van der Waals surface area contributed by atoms with Crippen LogP contribution in [0.5, 0.6) is 0 Å². The molecule has 32 heavy (non-hydrogen) atoms. The summed E-state index contributed by atoms with van der Waals surface area (Å²) in [5.41, 5.74) is 2.14. The molecule has 1 aliphatic heterocycles. The van der Waals surface area contributed by atoms with Crippen LogP contribution in [0.3, 0.4) is 0 Å². The molecular formula is C26H32N2O4. The Bertz CT molecular complexity index is 861. The molecular weight excluding hydrogens is 404 g/mol. The van der Waals surface area contributed by atoms with E-state index in [1.54, 1.807) is 18.9 Å². The lowest BCUT2D eigenvalue weighted by Crippen LogP contribution is -2.47. The van der Waals surface area contributed by atoms with Gasteiger partial charge in [-0.2, -0.15) is 0 Å². The van der Waals surface area contributed by atoms with Gasteiger partial charge in [-0.15, -0.1) is 0 Å². The summed E-state index contributed by atoms with van der Waals surface area (Å²) in [6.07, 6.45) is 1.77. The lowest BCUT2D eigenvalue weighted by Gasteiger charge is -2.33. The Labute approximate surface area is 190 Å². The molecule has 2 aromatic carbocycles. The number of hydrogen-bond acceptors (Lipinski definition) is 4. The minimum absolute atomic E-state index is 0.00464. The molecule has 0 radical (unpaired) electrons. The Morgan fingerprint density at radius 3 is 2.19 bits per heavy atom. The zero-order chi connectivity index (χ0) is 22.9. The van der Waals surface area contributed by atoms with Gasteiger partial charge in [-0.1, -0.05) is 60.7 Å². The van der Waals surface area contributed by atoms with Crippen molar-refractivity contribution in [3.8, 4) is 0 Å². The number of likely N-dealkylation sites (N-methyl/N-ethyl adjacent to an activating group) is 1. The Morgan fingerprint density at radius 2 is 1.62 bits per heavy atom. The normalized spacial score (nSPS) is 16.0. The number of carbonyl (C=O) groups is 3. The van der Waals surface area contributed by atoms with E-state index >= 15 is 0 Å². The molecule has 0 N–H and O–H groups in total. The highest BCUT2D eigenvalue weighted by Gasteiger charge is 2.30.